The van der Waals surface area contributed by atoms with Crippen LogP contribution in [0.15, 0.2) is 0 Å². The van der Waals surface area contributed by atoms with Crippen molar-refractivity contribution in [3.05, 3.63) is 0 Å². The summed E-state index contributed by atoms with van der Waals surface area (Å²) in [4.78, 5) is 72.6. The zero-order valence-corrected chi connectivity index (χ0v) is 64.6. The van der Waals surface area contributed by atoms with Gasteiger partial charge < -0.3 is 33.8 Å². The number of aliphatic hydroxyl groups excluding tert-OH is 1. The molecule has 0 aliphatic heterocycles. The Bertz CT molecular complexity index is 1870. The van der Waals surface area contributed by atoms with Gasteiger partial charge in [0.15, 0.2) is 12.2 Å². The quantitative estimate of drug-likeness (QED) is 0.0222. The van der Waals surface area contributed by atoms with Crippen molar-refractivity contribution in [3.8, 4) is 0 Å². The smallest absolute Gasteiger partial charge is 0.462 e. The van der Waals surface area contributed by atoms with Crippen LogP contribution < -0.4 is 0 Å². The molecule has 17 nitrogen and oxygen atoms in total. The molecule has 19 heteroatoms. The summed E-state index contributed by atoms with van der Waals surface area (Å²) in [5.74, 6) is 0.335. The van der Waals surface area contributed by atoms with Gasteiger partial charge in [0.25, 0.3) is 0 Å². The van der Waals surface area contributed by atoms with Crippen LogP contribution in [0.1, 0.15) is 395 Å². The van der Waals surface area contributed by atoms with Crippen LogP contribution in [0.4, 0.5) is 0 Å². The Balaban J connectivity index is 5.15. The first-order valence-corrected chi connectivity index (χ1v) is 42.9. The van der Waals surface area contributed by atoms with Crippen molar-refractivity contribution >= 4 is 39.5 Å². The molecule has 0 spiro atoms. The van der Waals surface area contributed by atoms with Gasteiger partial charge >= 0.3 is 39.5 Å². The highest BCUT2D eigenvalue weighted by Crippen LogP contribution is 2.45. The predicted octanol–water partition coefficient (Wildman–Crippen LogP) is 22.6. The van der Waals surface area contributed by atoms with Crippen molar-refractivity contribution in [1.29, 1.82) is 0 Å². The van der Waals surface area contributed by atoms with Crippen molar-refractivity contribution < 1.29 is 80.2 Å². The number of unbranched alkanes of at least 4 members (excludes halogenated alkanes) is 41. The van der Waals surface area contributed by atoms with E-state index in [1.165, 1.54) is 199 Å². The fraction of sp³-hybridized carbons (Fsp3) is 0.948. The summed E-state index contributed by atoms with van der Waals surface area (Å²) < 4.78 is 68.3. The maximum absolute atomic E-state index is 13.1. The van der Waals surface area contributed by atoms with Gasteiger partial charge in [-0.05, 0) is 43.4 Å². The van der Waals surface area contributed by atoms with Crippen LogP contribution in [0.3, 0.4) is 0 Å². The van der Waals surface area contributed by atoms with Gasteiger partial charge in [-0.2, -0.15) is 0 Å². The standard InChI is InChI=1S/C77H150O17P2/c1-8-11-12-41-51-58-74(79)87-64-72(93-76(81)61-54-47-40-34-28-27-31-37-44-50-57-70(7)10-3)66-91-95(83,84)89-62-71(78)63-90-96(85,86)92-67-73(65-88-75(80)59-52-45-38-32-25-21-18-17-20-24-30-36-43-49-56-69(6)9-2)94-77(82)60-53-46-39-33-26-22-16-14-13-15-19-23-29-35-42-48-55-68(4)5/h68-73,78H,8-67H2,1-7H3,(H,83,84)(H,85,86)/t69?,70?,71-,72+,73+/m0/s1. The number of hydrogen-bond donors (Lipinski definition) is 3. The first-order valence-electron chi connectivity index (χ1n) is 39.9. The summed E-state index contributed by atoms with van der Waals surface area (Å²) in [5, 5.41) is 10.6. The number of aliphatic hydroxyl groups is 1. The molecule has 0 aliphatic rings. The molecular weight excluding hydrogens is 1260 g/mol. The third-order valence-electron chi connectivity index (χ3n) is 18.6. The highest BCUT2D eigenvalue weighted by atomic mass is 31.2. The fourth-order valence-corrected chi connectivity index (χ4v) is 13.3. The Morgan fingerprint density at radius 1 is 0.302 bits per heavy atom. The first-order chi connectivity index (χ1) is 46.3. The van der Waals surface area contributed by atoms with Crippen molar-refractivity contribution in [2.24, 2.45) is 17.8 Å². The minimum Gasteiger partial charge on any atom is -0.462 e. The van der Waals surface area contributed by atoms with Crippen molar-refractivity contribution in [2.45, 2.75) is 414 Å². The number of esters is 4. The molecule has 0 aromatic heterocycles. The molecule has 0 aromatic rings. The van der Waals surface area contributed by atoms with Gasteiger partial charge in [0, 0.05) is 25.7 Å². The second-order valence-corrected chi connectivity index (χ2v) is 31.6. The monoisotopic (exact) mass is 1410 g/mol. The van der Waals surface area contributed by atoms with Crippen molar-refractivity contribution in [2.75, 3.05) is 39.6 Å². The van der Waals surface area contributed by atoms with Gasteiger partial charge in [-0.15, -0.1) is 0 Å². The molecule has 0 radical (unpaired) electrons. The molecule has 96 heavy (non-hydrogen) atoms. The lowest BCUT2D eigenvalue weighted by atomic mass is 9.99. The number of ether oxygens (including phenoxy) is 4. The average Bonchev–Trinajstić information content (AvgIpc) is 3.02. The van der Waals surface area contributed by atoms with Crippen molar-refractivity contribution in [1.82, 2.24) is 0 Å². The Hall–Kier alpha value is -1.94. The maximum Gasteiger partial charge on any atom is 0.472 e. The van der Waals surface area contributed by atoms with E-state index < -0.39 is 97.5 Å². The van der Waals surface area contributed by atoms with Crippen LogP contribution >= 0.6 is 15.6 Å². The van der Waals surface area contributed by atoms with E-state index in [9.17, 15) is 43.2 Å². The molecule has 0 rings (SSSR count). The SMILES string of the molecule is CCCCCCCC(=O)OC[C@H](COP(=O)(O)OC[C@H](O)COP(=O)(O)OC[C@@H](COC(=O)CCCCCCCCCCCCCCCCC(C)CC)OC(=O)CCCCCCCCCCCCCCCCCCC(C)C)OC(=O)CCCCCCCCCCCCC(C)CC. The third kappa shape index (κ3) is 67.9. The van der Waals surface area contributed by atoms with E-state index >= 15 is 0 Å². The lowest BCUT2D eigenvalue weighted by Crippen LogP contribution is -2.30. The summed E-state index contributed by atoms with van der Waals surface area (Å²) in [6.07, 6.45) is 54.4. The third-order valence-corrected chi connectivity index (χ3v) is 20.5. The Morgan fingerprint density at radius 3 is 0.792 bits per heavy atom. The summed E-state index contributed by atoms with van der Waals surface area (Å²) in [6.45, 7) is 11.9. The van der Waals surface area contributed by atoms with Crippen LogP contribution in [0.25, 0.3) is 0 Å². The molecule has 3 N–H and O–H groups in total. The summed E-state index contributed by atoms with van der Waals surface area (Å²) in [5.41, 5.74) is 0. The Kier molecular flexibility index (Phi) is 66.2. The number of carbonyl (C=O) groups is 4. The number of rotatable bonds is 75. The largest absolute Gasteiger partial charge is 0.472 e. The summed E-state index contributed by atoms with van der Waals surface area (Å²) >= 11 is 0. The molecular formula is C77H150O17P2. The van der Waals surface area contributed by atoms with Gasteiger partial charge in [-0.25, -0.2) is 9.13 Å². The number of hydrogen-bond acceptors (Lipinski definition) is 15. The summed E-state index contributed by atoms with van der Waals surface area (Å²) in [7, 11) is -9.90. The van der Waals surface area contributed by atoms with E-state index in [2.05, 4.69) is 48.5 Å². The molecule has 0 heterocycles. The van der Waals surface area contributed by atoms with Gasteiger partial charge in [-0.1, -0.05) is 344 Å². The van der Waals surface area contributed by atoms with E-state index in [1.54, 1.807) is 0 Å². The molecule has 0 amide bonds. The zero-order valence-electron chi connectivity index (χ0n) is 62.8. The first kappa shape index (κ1) is 94.1. The topological polar surface area (TPSA) is 237 Å². The molecule has 0 fully saturated rings. The molecule has 0 saturated carbocycles. The number of phosphoric ester groups is 2. The van der Waals surface area contributed by atoms with Gasteiger partial charge in [0.1, 0.15) is 19.3 Å². The minimum atomic E-state index is -4.96. The normalized spacial score (nSPS) is 14.6. The lowest BCUT2D eigenvalue weighted by molar-refractivity contribution is -0.161. The number of phosphoric acid groups is 2. The van der Waals surface area contributed by atoms with Gasteiger partial charge in [-0.3, -0.25) is 37.3 Å². The van der Waals surface area contributed by atoms with Crippen LogP contribution in [-0.4, -0.2) is 96.7 Å². The Labute approximate surface area is 588 Å². The van der Waals surface area contributed by atoms with E-state index in [4.69, 9.17) is 37.0 Å². The molecule has 4 unspecified atom stereocenters. The van der Waals surface area contributed by atoms with Crippen molar-refractivity contribution in [3.63, 3.8) is 0 Å². The molecule has 7 atom stereocenters. The maximum atomic E-state index is 13.1. The van der Waals surface area contributed by atoms with Crippen LogP contribution in [0.2, 0.25) is 0 Å². The van der Waals surface area contributed by atoms with Crippen LogP contribution in [0.5, 0.6) is 0 Å². The second kappa shape index (κ2) is 67.5. The molecule has 570 valence electrons. The number of carbonyl (C=O) groups excluding carboxylic acids is 4. The molecule has 0 aromatic carbocycles. The van der Waals surface area contributed by atoms with Crippen LogP contribution in [0, 0.1) is 17.8 Å². The highest BCUT2D eigenvalue weighted by molar-refractivity contribution is 7.47. The van der Waals surface area contributed by atoms with E-state index in [0.29, 0.717) is 25.7 Å². The second-order valence-electron chi connectivity index (χ2n) is 28.7. The van der Waals surface area contributed by atoms with E-state index in [1.807, 2.05) is 0 Å². The van der Waals surface area contributed by atoms with E-state index in [-0.39, 0.29) is 25.7 Å². The van der Waals surface area contributed by atoms with Crippen LogP contribution in [-0.2, 0) is 65.4 Å². The minimum absolute atomic E-state index is 0.105. The molecule has 0 saturated heterocycles. The average molecular weight is 1410 g/mol. The lowest BCUT2D eigenvalue weighted by Gasteiger charge is -2.21. The molecule has 0 bridgehead atoms. The van der Waals surface area contributed by atoms with Gasteiger partial charge in [0.05, 0.1) is 26.4 Å². The zero-order chi connectivity index (χ0) is 70.9. The predicted molar refractivity (Wildman–Crippen MR) is 391 cm³/mol. The highest BCUT2D eigenvalue weighted by Gasteiger charge is 2.30. The van der Waals surface area contributed by atoms with Gasteiger partial charge in [0.2, 0.25) is 0 Å². The summed E-state index contributed by atoms with van der Waals surface area (Å²) in [6, 6.07) is 0. The Morgan fingerprint density at radius 2 is 0.531 bits per heavy atom. The fourth-order valence-electron chi connectivity index (χ4n) is 11.7. The van der Waals surface area contributed by atoms with E-state index in [0.717, 1.165) is 114 Å². The molecule has 0 aliphatic carbocycles.